The number of aryl methyl sites for hydroxylation is 1. The fourth-order valence-corrected chi connectivity index (χ4v) is 3.66. The van der Waals surface area contributed by atoms with Crippen LogP contribution in [0.3, 0.4) is 0 Å². The third-order valence-electron chi connectivity index (χ3n) is 5.14. The lowest BCUT2D eigenvalue weighted by molar-refractivity contribution is -0.129. The maximum absolute atomic E-state index is 13.0. The van der Waals surface area contributed by atoms with Crippen LogP contribution < -0.4 is 5.56 Å². The van der Waals surface area contributed by atoms with E-state index < -0.39 is 0 Å². The zero-order valence-corrected chi connectivity index (χ0v) is 16.2. The molecule has 146 valence electrons. The van der Waals surface area contributed by atoms with Crippen molar-refractivity contribution in [1.82, 2.24) is 9.58 Å². The van der Waals surface area contributed by atoms with E-state index in [1.165, 1.54) is 16.5 Å². The monoisotopic (exact) mass is 387 g/mol. The van der Waals surface area contributed by atoms with E-state index in [9.17, 15) is 14.7 Å². The second-order valence-electron chi connectivity index (χ2n) is 7.06. The second-order valence-corrected chi connectivity index (χ2v) is 7.06. The number of nitrogens with zero attached hydrogens (tertiary/aromatic N) is 3. The largest absolute Gasteiger partial charge is 0.506 e. The maximum atomic E-state index is 13.0. The number of rotatable bonds is 3. The summed E-state index contributed by atoms with van der Waals surface area (Å²) in [5.74, 6) is -0.321. The lowest BCUT2D eigenvalue weighted by atomic mass is 10.0. The smallest absolute Gasteiger partial charge is 0.263 e. The van der Waals surface area contributed by atoms with E-state index in [1.54, 1.807) is 25.2 Å². The Morgan fingerprint density at radius 3 is 2.55 bits per heavy atom. The first-order valence-corrected chi connectivity index (χ1v) is 9.39. The van der Waals surface area contributed by atoms with Crippen molar-refractivity contribution in [2.24, 2.45) is 12.1 Å². The van der Waals surface area contributed by atoms with E-state index in [0.717, 1.165) is 5.56 Å². The number of aromatic nitrogens is 1. The number of pyridine rings is 1. The molecular weight excluding hydrogens is 366 g/mol. The van der Waals surface area contributed by atoms with E-state index in [1.807, 2.05) is 48.6 Å². The fourth-order valence-electron chi connectivity index (χ4n) is 3.66. The predicted molar refractivity (Wildman–Crippen MR) is 114 cm³/mol. The molecule has 1 aromatic heterocycles. The molecule has 1 aliphatic rings. The van der Waals surface area contributed by atoms with Crippen LogP contribution in [0.15, 0.2) is 70.6 Å². The number of hydrogen-bond donors (Lipinski definition) is 1. The molecule has 2 heterocycles. The van der Waals surface area contributed by atoms with Gasteiger partial charge >= 0.3 is 0 Å². The summed E-state index contributed by atoms with van der Waals surface area (Å²) in [5.41, 5.74) is 1.87. The van der Waals surface area contributed by atoms with Crippen molar-refractivity contribution in [1.29, 1.82) is 0 Å². The summed E-state index contributed by atoms with van der Waals surface area (Å²) >= 11 is 0. The van der Waals surface area contributed by atoms with Gasteiger partial charge in [-0.25, -0.2) is 5.01 Å². The molecule has 0 bridgehead atoms. The molecule has 6 nitrogen and oxygen atoms in total. The van der Waals surface area contributed by atoms with Gasteiger partial charge in [-0.15, -0.1) is 0 Å². The molecule has 0 fully saturated rings. The highest BCUT2D eigenvalue weighted by Gasteiger charge is 2.31. The normalized spacial score (nSPS) is 16.6. The molecule has 0 spiro atoms. The molecule has 6 heteroatoms. The maximum Gasteiger partial charge on any atom is 0.263 e. The van der Waals surface area contributed by atoms with Crippen molar-refractivity contribution in [2.75, 3.05) is 0 Å². The van der Waals surface area contributed by atoms with Gasteiger partial charge in [-0.3, -0.25) is 9.59 Å². The third kappa shape index (κ3) is 3.33. The van der Waals surface area contributed by atoms with Crippen LogP contribution in [0, 0.1) is 0 Å². The molecular formula is C23H21N3O3. The molecule has 0 saturated carbocycles. The van der Waals surface area contributed by atoms with Crippen LogP contribution in [0.25, 0.3) is 17.0 Å². The molecule has 1 aliphatic heterocycles. The average Bonchev–Trinajstić information content (AvgIpc) is 3.16. The van der Waals surface area contributed by atoms with Crippen LogP contribution in [-0.4, -0.2) is 32.3 Å². The third-order valence-corrected chi connectivity index (χ3v) is 5.14. The second kappa shape index (κ2) is 7.39. The van der Waals surface area contributed by atoms with Crippen molar-refractivity contribution >= 4 is 28.6 Å². The number of benzene rings is 2. The van der Waals surface area contributed by atoms with Gasteiger partial charge in [0.2, 0.25) is 5.91 Å². The highest BCUT2D eigenvalue weighted by Crippen LogP contribution is 2.30. The molecule has 0 saturated heterocycles. The Morgan fingerprint density at radius 1 is 1.14 bits per heavy atom. The summed E-state index contributed by atoms with van der Waals surface area (Å²) in [6, 6.07) is 16.6. The summed E-state index contributed by atoms with van der Waals surface area (Å²) < 4.78 is 1.50. The molecule has 1 N–H and O–H groups in total. The van der Waals surface area contributed by atoms with E-state index in [2.05, 4.69) is 5.10 Å². The number of carbonyl (C=O) groups is 1. The summed E-state index contributed by atoms with van der Waals surface area (Å²) in [7, 11) is 1.67. The molecule has 0 aliphatic carbocycles. The molecule has 0 radical (unpaired) electrons. The van der Waals surface area contributed by atoms with Crippen molar-refractivity contribution in [2.45, 2.75) is 19.4 Å². The lowest BCUT2D eigenvalue weighted by Crippen LogP contribution is -2.29. The van der Waals surface area contributed by atoms with Gasteiger partial charge in [0, 0.05) is 25.8 Å². The predicted octanol–water partition coefficient (Wildman–Crippen LogP) is 3.28. The molecule has 4 rings (SSSR count). The highest BCUT2D eigenvalue weighted by atomic mass is 16.3. The van der Waals surface area contributed by atoms with Gasteiger partial charge in [-0.1, -0.05) is 54.6 Å². The lowest BCUT2D eigenvalue weighted by Gasteiger charge is -2.16. The Balaban J connectivity index is 1.76. The molecule has 3 aromatic rings. The van der Waals surface area contributed by atoms with Crippen LogP contribution in [0.5, 0.6) is 5.75 Å². The van der Waals surface area contributed by atoms with Crippen LogP contribution in [0.4, 0.5) is 0 Å². The van der Waals surface area contributed by atoms with Gasteiger partial charge in [-0.05, 0) is 17.7 Å². The zero-order valence-electron chi connectivity index (χ0n) is 16.2. The molecule has 1 unspecified atom stereocenters. The minimum atomic E-state index is -0.337. The van der Waals surface area contributed by atoms with Gasteiger partial charge in [0.25, 0.3) is 5.56 Å². The number of hydrazone groups is 1. The van der Waals surface area contributed by atoms with Crippen LogP contribution >= 0.6 is 0 Å². The summed E-state index contributed by atoms with van der Waals surface area (Å²) in [6.07, 6.45) is 4.18. The van der Waals surface area contributed by atoms with Crippen molar-refractivity contribution < 1.29 is 9.90 Å². The highest BCUT2D eigenvalue weighted by molar-refractivity contribution is 6.08. The standard InChI is InChI=1S/C23H21N3O3/c1-15(27)26-17(13-12-16-8-4-3-5-9-16)14-19(24-26)21-22(28)18-10-6-7-11-20(18)25(2)23(21)29/h3-13,17,28H,14H2,1-2H3/b13-12+. The Labute approximate surface area is 168 Å². The van der Waals surface area contributed by atoms with Crippen LogP contribution in [-0.2, 0) is 11.8 Å². The number of amides is 1. The topological polar surface area (TPSA) is 74.9 Å². The van der Waals surface area contributed by atoms with Gasteiger partial charge in [0.15, 0.2) is 0 Å². The minimum Gasteiger partial charge on any atom is -0.506 e. The number of para-hydroxylation sites is 1. The van der Waals surface area contributed by atoms with Crippen LogP contribution in [0.1, 0.15) is 24.5 Å². The van der Waals surface area contributed by atoms with E-state index in [-0.39, 0.29) is 28.8 Å². The number of hydrogen-bond acceptors (Lipinski definition) is 4. The van der Waals surface area contributed by atoms with Gasteiger partial charge in [0.1, 0.15) is 11.3 Å². The first-order chi connectivity index (χ1) is 14.0. The van der Waals surface area contributed by atoms with E-state index >= 15 is 0 Å². The first kappa shape index (κ1) is 18.7. The Hall–Kier alpha value is -3.67. The van der Waals surface area contributed by atoms with Crippen molar-refractivity contribution in [3.8, 4) is 5.75 Å². The summed E-state index contributed by atoms with van der Waals surface area (Å²) in [4.78, 5) is 25.1. The van der Waals surface area contributed by atoms with E-state index in [4.69, 9.17) is 0 Å². The number of fused-ring (bicyclic) bond motifs is 1. The summed E-state index contributed by atoms with van der Waals surface area (Å²) in [6.45, 7) is 1.44. The zero-order chi connectivity index (χ0) is 20.5. The molecule has 29 heavy (non-hydrogen) atoms. The molecule has 1 amide bonds. The number of aromatic hydroxyl groups is 1. The van der Waals surface area contributed by atoms with Crippen molar-refractivity contribution in [3.05, 3.63) is 82.2 Å². The average molecular weight is 387 g/mol. The number of carbonyl (C=O) groups excluding carboxylic acids is 1. The van der Waals surface area contributed by atoms with Crippen molar-refractivity contribution in [3.63, 3.8) is 0 Å². The fraction of sp³-hybridized carbons (Fsp3) is 0.174. The molecule has 2 aromatic carbocycles. The Kier molecular flexibility index (Phi) is 4.76. The van der Waals surface area contributed by atoms with Gasteiger partial charge in [0.05, 0.1) is 17.3 Å². The van der Waals surface area contributed by atoms with Gasteiger partial charge in [-0.2, -0.15) is 5.10 Å². The van der Waals surface area contributed by atoms with Crippen LogP contribution in [0.2, 0.25) is 0 Å². The molecule has 1 atom stereocenters. The Morgan fingerprint density at radius 2 is 1.83 bits per heavy atom. The quantitative estimate of drug-likeness (QED) is 0.749. The minimum absolute atomic E-state index is 0.0985. The van der Waals surface area contributed by atoms with E-state index in [0.29, 0.717) is 23.0 Å². The van der Waals surface area contributed by atoms with Gasteiger partial charge < -0.3 is 9.67 Å². The first-order valence-electron chi connectivity index (χ1n) is 9.39. The SMILES string of the molecule is CC(=O)N1N=C(c2c(O)c3ccccc3n(C)c2=O)CC1/C=C/c1ccccc1. The Bertz CT molecular complexity index is 1210. The summed E-state index contributed by atoms with van der Waals surface area (Å²) in [5, 5.41) is 17.2.